The van der Waals surface area contributed by atoms with Crippen molar-refractivity contribution in [1.82, 2.24) is 0 Å². The molecule has 2 fully saturated rings. The zero-order valence-electron chi connectivity index (χ0n) is 16.2. The summed E-state index contributed by atoms with van der Waals surface area (Å²) in [6, 6.07) is 3.06. The van der Waals surface area contributed by atoms with E-state index in [1.807, 2.05) is 27.7 Å². The second kappa shape index (κ2) is 7.06. The van der Waals surface area contributed by atoms with Gasteiger partial charge in [0.1, 0.15) is 11.7 Å². The molecule has 140 valence electrons. The first kappa shape index (κ1) is 19.9. The van der Waals surface area contributed by atoms with Gasteiger partial charge in [-0.2, -0.15) is 0 Å². The molecule has 0 amide bonds. The molecule has 0 aromatic rings. The SMILES string of the molecule is CC[Si](CC)(CC)O[C@H]1[C@H](C)C(=O)O[C@H]2[C@H](C)[C@@H](O)[C@H](C)O[C@@]21C. The monoisotopic (exact) mass is 358 g/mol. The van der Waals surface area contributed by atoms with Crippen LogP contribution in [0.3, 0.4) is 0 Å². The summed E-state index contributed by atoms with van der Waals surface area (Å²) in [5, 5.41) is 10.4. The second-order valence-corrected chi connectivity index (χ2v) is 12.5. The molecule has 0 aromatic carbocycles. The Bertz CT molecular complexity index is 458. The topological polar surface area (TPSA) is 65.0 Å². The van der Waals surface area contributed by atoms with Gasteiger partial charge in [0.2, 0.25) is 0 Å². The van der Waals surface area contributed by atoms with Crippen LogP contribution in [0.1, 0.15) is 48.5 Å². The molecule has 0 spiro atoms. The van der Waals surface area contributed by atoms with Gasteiger partial charge in [-0.05, 0) is 38.9 Å². The summed E-state index contributed by atoms with van der Waals surface area (Å²) < 4.78 is 18.7. The molecule has 0 aromatic heterocycles. The van der Waals surface area contributed by atoms with Crippen LogP contribution in [-0.4, -0.2) is 49.4 Å². The molecule has 24 heavy (non-hydrogen) atoms. The number of ether oxygens (including phenoxy) is 2. The summed E-state index contributed by atoms with van der Waals surface area (Å²) in [7, 11) is -1.91. The Morgan fingerprint density at radius 3 is 2.21 bits per heavy atom. The van der Waals surface area contributed by atoms with Gasteiger partial charge in [-0.3, -0.25) is 4.79 Å². The summed E-state index contributed by atoms with van der Waals surface area (Å²) >= 11 is 0. The highest BCUT2D eigenvalue weighted by molar-refractivity contribution is 6.73. The van der Waals surface area contributed by atoms with Crippen molar-refractivity contribution in [1.29, 1.82) is 0 Å². The predicted molar refractivity (Wildman–Crippen MR) is 95.2 cm³/mol. The normalized spacial score (nSPS) is 43.2. The van der Waals surface area contributed by atoms with Gasteiger partial charge in [0.15, 0.2) is 8.32 Å². The molecule has 0 aliphatic carbocycles. The molecule has 6 heteroatoms. The summed E-state index contributed by atoms with van der Waals surface area (Å²) in [4.78, 5) is 12.5. The van der Waals surface area contributed by atoms with Gasteiger partial charge in [0.05, 0.1) is 24.2 Å². The van der Waals surface area contributed by atoms with Crippen molar-refractivity contribution >= 4 is 14.3 Å². The third-order valence-corrected chi connectivity index (χ3v) is 11.1. The Hall–Kier alpha value is -0.433. The average Bonchev–Trinajstić information content (AvgIpc) is 2.56. The van der Waals surface area contributed by atoms with E-state index < -0.39 is 26.1 Å². The summed E-state index contributed by atoms with van der Waals surface area (Å²) in [5.74, 6) is -0.787. The van der Waals surface area contributed by atoms with Gasteiger partial charge in [-0.15, -0.1) is 0 Å². The molecule has 2 aliphatic rings. The smallest absolute Gasteiger partial charge is 0.311 e. The molecule has 1 N–H and O–H groups in total. The lowest BCUT2D eigenvalue weighted by molar-refractivity contribution is -0.294. The lowest BCUT2D eigenvalue weighted by Crippen LogP contribution is -2.71. The fourth-order valence-electron chi connectivity index (χ4n) is 4.46. The molecule has 5 nitrogen and oxygen atoms in total. The summed E-state index contributed by atoms with van der Waals surface area (Å²) in [5.41, 5.74) is -0.719. The highest BCUT2D eigenvalue weighted by Crippen LogP contribution is 2.46. The third-order valence-electron chi connectivity index (χ3n) is 6.45. The highest BCUT2D eigenvalue weighted by Gasteiger charge is 2.61. The number of rotatable bonds is 5. The first-order chi connectivity index (χ1) is 11.2. The largest absolute Gasteiger partial charge is 0.459 e. The van der Waals surface area contributed by atoms with E-state index >= 15 is 0 Å². The van der Waals surface area contributed by atoms with Gasteiger partial charge in [-0.25, -0.2) is 0 Å². The van der Waals surface area contributed by atoms with Crippen LogP contribution in [-0.2, 0) is 18.7 Å². The number of hydrogen-bond acceptors (Lipinski definition) is 5. The van der Waals surface area contributed by atoms with E-state index in [1.54, 1.807) is 0 Å². The van der Waals surface area contributed by atoms with Crippen LogP contribution in [0.2, 0.25) is 18.1 Å². The van der Waals surface area contributed by atoms with E-state index in [4.69, 9.17) is 13.9 Å². The number of fused-ring (bicyclic) bond motifs is 1. The molecule has 7 atom stereocenters. The van der Waals surface area contributed by atoms with E-state index in [-0.39, 0.29) is 30.0 Å². The van der Waals surface area contributed by atoms with E-state index in [2.05, 4.69) is 20.8 Å². The Morgan fingerprint density at radius 2 is 1.71 bits per heavy atom. The quantitative estimate of drug-likeness (QED) is 0.604. The number of aliphatic hydroxyl groups is 1. The minimum atomic E-state index is -1.91. The fourth-order valence-corrected chi connectivity index (χ4v) is 7.44. The number of hydrogen-bond donors (Lipinski definition) is 1. The van der Waals surface area contributed by atoms with Crippen molar-refractivity contribution in [3.05, 3.63) is 0 Å². The number of esters is 1. The molecule has 0 saturated carbocycles. The molecule has 0 unspecified atom stereocenters. The Morgan fingerprint density at radius 1 is 1.17 bits per heavy atom. The maximum atomic E-state index is 12.5. The summed E-state index contributed by atoms with van der Waals surface area (Å²) in [6.45, 7) is 14.2. The minimum Gasteiger partial charge on any atom is -0.459 e. The highest BCUT2D eigenvalue weighted by atomic mass is 28.4. The summed E-state index contributed by atoms with van der Waals surface area (Å²) in [6.07, 6.45) is -1.75. The van der Waals surface area contributed by atoms with Crippen LogP contribution in [0.5, 0.6) is 0 Å². The lowest BCUT2D eigenvalue weighted by Gasteiger charge is -2.56. The minimum absolute atomic E-state index is 0.178. The van der Waals surface area contributed by atoms with Crippen LogP contribution in [0, 0.1) is 11.8 Å². The predicted octanol–water partition coefficient (Wildman–Crippen LogP) is 3.11. The number of carbonyl (C=O) groups is 1. The molecule has 0 bridgehead atoms. The van der Waals surface area contributed by atoms with Crippen LogP contribution in [0.25, 0.3) is 0 Å². The maximum absolute atomic E-state index is 12.5. The van der Waals surface area contributed by atoms with Crippen molar-refractivity contribution in [2.24, 2.45) is 11.8 Å². The van der Waals surface area contributed by atoms with E-state index in [9.17, 15) is 9.90 Å². The van der Waals surface area contributed by atoms with Crippen molar-refractivity contribution in [3.8, 4) is 0 Å². The molecule has 2 rings (SSSR count). The average molecular weight is 359 g/mol. The van der Waals surface area contributed by atoms with Crippen LogP contribution in [0.4, 0.5) is 0 Å². The molecule has 0 radical (unpaired) electrons. The van der Waals surface area contributed by atoms with Crippen LogP contribution in [0.15, 0.2) is 0 Å². The van der Waals surface area contributed by atoms with Crippen LogP contribution >= 0.6 is 0 Å². The Kier molecular flexibility index (Phi) is 5.85. The van der Waals surface area contributed by atoms with Gasteiger partial charge >= 0.3 is 5.97 Å². The van der Waals surface area contributed by atoms with E-state index in [0.29, 0.717) is 0 Å². The van der Waals surface area contributed by atoms with Gasteiger partial charge in [0.25, 0.3) is 0 Å². The van der Waals surface area contributed by atoms with Crippen molar-refractivity contribution in [3.63, 3.8) is 0 Å². The Labute approximate surface area is 147 Å². The van der Waals surface area contributed by atoms with Crippen molar-refractivity contribution < 1.29 is 23.8 Å². The second-order valence-electron chi connectivity index (χ2n) is 7.78. The molecular weight excluding hydrogens is 324 g/mol. The zero-order valence-corrected chi connectivity index (χ0v) is 17.2. The van der Waals surface area contributed by atoms with Crippen LogP contribution < -0.4 is 0 Å². The number of aliphatic hydroxyl groups excluding tert-OH is 1. The van der Waals surface area contributed by atoms with E-state index in [1.165, 1.54) is 0 Å². The van der Waals surface area contributed by atoms with Crippen molar-refractivity contribution in [2.45, 2.75) is 96.6 Å². The number of carbonyl (C=O) groups excluding carboxylic acids is 1. The maximum Gasteiger partial charge on any atom is 0.311 e. The molecule has 2 heterocycles. The molecule has 2 saturated heterocycles. The van der Waals surface area contributed by atoms with Crippen molar-refractivity contribution in [2.75, 3.05) is 0 Å². The zero-order chi connectivity index (χ0) is 18.3. The van der Waals surface area contributed by atoms with E-state index in [0.717, 1.165) is 18.1 Å². The standard InChI is InChI=1S/C18H34O5Si/c1-8-24(9-2,10-3)23-16-12(5)17(20)21-15-11(4)14(19)13(6)22-18(15,16)7/h11-16,19H,8-10H2,1-7H3/t11-,12+,13+,14-,15+,16+,18+/m1/s1. The first-order valence-electron chi connectivity index (χ1n) is 9.40. The Balaban J connectivity index is 2.41. The lowest BCUT2D eigenvalue weighted by atomic mass is 9.73. The molecular formula is C18H34O5Si. The molecule has 2 aliphatic heterocycles. The van der Waals surface area contributed by atoms with Gasteiger partial charge in [-0.1, -0.05) is 27.7 Å². The van der Waals surface area contributed by atoms with Gasteiger partial charge < -0.3 is 19.0 Å². The first-order valence-corrected chi connectivity index (χ1v) is 11.9. The fraction of sp³-hybridized carbons (Fsp3) is 0.944. The third kappa shape index (κ3) is 3.06. The van der Waals surface area contributed by atoms with Gasteiger partial charge in [0, 0.05) is 5.92 Å².